The lowest BCUT2D eigenvalue weighted by molar-refractivity contribution is 0.650. The van der Waals surface area contributed by atoms with E-state index in [2.05, 4.69) is 193 Å². The fraction of sp³-hybridized carbons (Fsp3) is 0.109. The minimum Gasteiger partial charge on any atom is -0.309 e. The number of nitrogens with zero attached hydrogens (tertiary/aromatic N) is 1. The third kappa shape index (κ3) is 4.14. The van der Waals surface area contributed by atoms with E-state index in [0.29, 0.717) is 5.92 Å². The van der Waals surface area contributed by atoms with Crippen molar-refractivity contribution in [1.29, 1.82) is 0 Å². The van der Waals surface area contributed by atoms with E-state index in [-0.39, 0.29) is 11.8 Å². The molecule has 3 heteroatoms. The van der Waals surface area contributed by atoms with Crippen molar-refractivity contribution in [2.24, 2.45) is 0 Å². The lowest BCUT2D eigenvalue weighted by Crippen LogP contribution is -2.33. The van der Waals surface area contributed by atoms with Crippen LogP contribution in [0.4, 0.5) is 0 Å². The Hall–Kier alpha value is -6.31. The molecule has 3 heterocycles. The molecule has 1 N–H and O–H groups in total. The van der Waals surface area contributed by atoms with Crippen LogP contribution in [0.5, 0.6) is 0 Å². The van der Waals surface area contributed by atoms with Gasteiger partial charge in [-0.05, 0) is 75.1 Å². The van der Waals surface area contributed by atoms with E-state index in [1.807, 2.05) is 0 Å². The van der Waals surface area contributed by atoms with Crippen LogP contribution in [0, 0.1) is 0 Å². The lowest BCUT2D eigenvalue weighted by Gasteiger charge is -2.39. The van der Waals surface area contributed by atoms with Crippen molar-refractivity contribution in [3.05, 3.63) is 233 Å². The van der Waals surface area contributed by atoms with E-state index in [1.165, 1.54) is 94.0 Å². The van der Waals surface area contributed by atoms with E-state index in [1.54, 1.807) is 0 Å². The Kier molecular flexibility index (Phi) is 6.83. The molecule has 5 unspecified atom stereocenters. The number of hydrogen-bond donors (Lipinski definition) is 1. The molecule has 0 bridgehead atoms. The summed E-state index contributed by atoms with van der Waals surface area (Å²) in [6.45, 7) is 0. The van der Waals surface area contributed by atoms with Crippen LogP contribution in [0.2, 0.25) is 0 Å². The summed E-state index contributed by atoms with van der Waals surface area (Å²) in [5.41, 5.74) is 17.4. The molecule has 0 fully saturated rings. The van der Waals surface area contributed by atoms with Crippen molar-refractivity contribution in [2.45, 2.75) is 36.0 Å². The predicted octanol–water partition coefficient (Wildman–Crippen LogP) is 12.6. The van der Waals surface area contributed by atoms with Crippen LogP contribution in [0.25, 0.3) is 44.2 Å². The minimum atomic E-state index is -1.59. The van der Waals surface area contributed by atoms with Gasteiger partial charge in [-0.15, -0.1) is 0 Å². The van der Waals surface area contributed by atoms with Gasteiger partial charge in [-0.3, -0.25) is 0 Å². The highest BCUT2D eigenvalue weighted by molar-refractivity contribution is 7.62. The first kappa shape index (κ1) is 32.7. The van der Waals surface area contributed by atoms with Crippen molar-refractivity contribution in [1.82, 2.24) is 4.57 Å². The Balaban J connectivity index is 1.16. The molecule has 58 heavy (non-hydrogen) atoms. The van der Waals surface area contributed by atoms with E-state index >= 15 is 0 Å². The Bertz CT molecular complexity index is 3200. The average Bonchev–Trinajstić information content (AvgIpc) is 3.90. The van der Waals surface area contributed by atoms with Crippen molar-refractivity contribution in [2.75, 3.05) is 0 Å². The van der Waals surface area contributed by atoms with Gasteiger partial charge in [0.2, 0.25) is 0 Å². The number of rotatable bonds is 3. The molecule has 5 aliphatic rings. The average molecular weight is 761 g/mol. The smallest absolute Gasteiger partial charge is 0.292 e. The normalized spacial score (nSPS) is 22.5. The molecule has 1 spiro atoms. The Morgan fingerprint density at radius 1 is 0.603 bits per heavy atom. The molecule has 13 rings (SSSR count). The summed E-state index contributed by atoms with van der Waals surface area (Å²) in [7, 11) is -1.59. The van der Waals surface area contributed by atoms with Crippen molar-refractivity contribution < 1.29 is 4.89 Å². The number of allylic oxidation sites excluding steroid dienone is 6. The summed E-state index contributed by atoms with van der Waals surface area (Å²) >= 11 is 0. The molecule has 3 aliphatic carbocycles. The van der Waals surface area contributed by atoms with Gasteiger partial charge in [0.25, 0.3) is 7.77 Å². The van der Waals surface area contributed by atoms with Gasteiger partial charge < -0.3 is 4.57 Å². The Morgan fingerprint density at radius 2 is 1.31 bits per heavy atom. The minimum absolute atomic E-state index is 0.0893. The summed E-state index contributed by atoms with van der Waals surface area (Å²) in [5.74, 6) is 0.558. The van der Waals surface area contributed by atoms with Crippen LogP contribution in [0.15, 0.2) is 188 Å². The summed E-state index contributed by atoms with van der Waals surface area (Å²) in [6.07, 6.45) is 13.5. The quantitative estimate of drug-likeness (QED) is 0.141. The first-order chi connectivity index (χ1) is 28.7. The molecule has 1 aromatic heterocycles. The molecule has 8 aromatic rings. The van der Waals surface area contributed by atoms with Gasteiger partial charge >= 0.3 is 0 Å². The van der Waals surface area contributed by atoms with Crippen LogP contribution in [0.1, 0.15) is 75.1 Å². The van der Waals surface area contributed by atoms with Crippen LogP contribution in [-0.4, -0.2) is 14.8 Å². The summed E-state index contributed by atoms with van der Waals surface area (Å²) in [6, 6.07) is 58.7. The molecule has 2 aliphatic heterocycles. The van der Waals surface area contributed by atoms with E-state index in [9.17, 15) is 4.89 Å². The molecule has 0 saturated heterocycles. The van der Waals surface area contributed by atoms with E-state index < -0.39 is 13.2 Å². The topological polar surface area (TPSA) is 25.2 Å². The van der Waals surface area contributed by atoms with Crippen LogP contribution < -0.4 is 5.30 Å². The zero-order chi connectivity index (χ0) is 38.1. The second-order valence-electron chi connectivity index (χ2n) is 16.6. The zero-order valence-corrected chi connectivity index (χ0v) is 32.8. The van der Waals surface area contributed by atoms with Crippen molar-refractivity contribution >= 4 is 45.7 Å². The van der Waals surface area contributed by atoms with Gasteiger partial charge in [-0.25, -0.2) is 0 Å². The van der Waals surface area contributed by atoms with Gasteiger partial charge in [0.1, 0.15) is 0 Å². The molecular weight excluding hydrogens is 722 g/mol. The third-order valence-corrected chi connectivity index (χ3v) is 16.0. The maximum atomic E-state index is 13.1. The molecule has 0 amide bonds. The SMILES string of the molecule is O[P+]1=C2C(C=CCC2c2ccccc2)c2ccc3c(c21)-c1c(C2=CC=CC(c4ccccc4)C2)cccc1C31c2ccccc2-n2c3ccccc3c3cccc1c32. The molecule has 5 atom stereocenters. The maximum Gasteiger partial charge on any atom is 0.292 e. The third-order valence-electron chi connectivity index (χ3n) is 14.0. The Morgan fingerprint density at radius 3 is 2.19 bits per heavy atom. The zero-order valence-electron chi connectivity index (χ0n) is 31.9. The second-order valence-corrected chi connectivity index (χ2v) is 18.2. The largest absolute Gasteiger partial charge is 0.309 e. The lowest BCUT2D eigenvalue weighted by atomic mass is 9.65. The Labute approximate surface area is 339 Å². The first-order valence-electron chi connectivity index (χ1n) is 20.7. The maximum absolute atomic E-state index is 13.1. The van der Waals surface area contributed by atoms with Crippen molar-refractivity contribution in [3.63, 3.8) is 0 Å². The molecule has 2 nitrogen and oxygen atoms in total. The second kappa shape index (κ2) is 12.1. The number of fused-ring (bicyclic) bond motifs is 16. The van der Waals surface area contributed by atoms with Crippen LogP contribution in [0.3, 0.4) is 0 Å². The first-order valence-corrected chi connectivity index (χ1v) is 22.0. The highest BCUT2D eigenvalue weighted by Gasteiger charge is 2.56. The standard InChI is InChI=1S/C55H39NOP/c57-58-53-39(35-17-5-2-6-18-35)23-12-25-42(53)43-31-32-46-51(54(43)58)50-38(37-20-11-19-36(33-37)34-15-3-1-4-16-34)22-13-27-45(50)55(46)44-26-8-10-30-49(44)56-48-29-9-7-21-40(48)41-24-14-28-47(55)52(41)56/h1-22,24-32,36,39,42,57H,23,33H2/q+1. The van der Waals surface area contributed by atoms with E-state index in [4.69, 9.17) is 0 Å². The van der Waals surface area contributed by atoms with E-state index in [0.717, 1.165) is 18.1 Å². The number of benzene rings is 7. The summed E-state index contributed by atoms with van der Waals surface area (Å²) in [4.78, 5) is 13.1. The number of hydrogen-bond acceptors (Lipinski definition) is 1. The predicted molar refractivity (Wildman–Crippen MR) is 242 cm³/mol. The highest BCUT2D eigenvalue weighted by Crippen LogP contribution is 2.64. The highest BCUT2D eigenvalue weighted by atomic mass is 31.1. The van der Waals surface area contributed by atoms with Gasteiger partial charge in [0.05, 0.1) is 34.0 Å². The van der Waals surface area contributed by atoms with Crippen LogP contribution in [-0.2, 0) is 5.41 Å². The van der Waals surface area contributed by atoms with Crippen molar-refractivity contribution in [3.8, 4) is 16.8 Å². The number of aromatic nitrogens is 1. The van der Waals surface area contributed by atoms with Crippen LogP contribution >= 0.6 is 7.77 Å². The van der Waals surface area contributed by atoms with Gasteiger partial charge in [0, 0.05) is 27.8 Å². The van der Waals surface area contributed by atoms with Gasteiger partial charge in [-0.1, -0.05) is 176 Å². The summed E-state index contributed by atoms with van der Waals surface area (Å²) < 4.78 is 2.52. The molecule has 0 radical (unpaired) electrons. The molecule has 7 aromatic carbocycles. The number of para-hydroxylation sites is 3. The molecular formula is C55H39NOP+. The van der Waals surface area contributed by atoms with Gasteiger partial charge in [-0.2, -0.15) is 4.89 Å². The monoisotopic (exact) mass is 760 g/mol. The fourth-order valence-corrected chi connectivity index (χ4v) is 13.9. The molecule has 274 valence electrons. The molecule has 0 saturated carbocycles. The fourth-order valence-electron chi connectivity index (χ4n) is 11.7. The van der Waals surface area contributed by atoms with Gasteiger partial charge in [0.15, 0.2) is 10.6 Å². The summed E-state index contributed by atoms with van der Waals surface area (Å²) in [5, 5.41) is 4.99.